The Labute approximate surface area is 126 Å². The van der Waals surface area contributed by atoms with Crippen molar-refractivity contribution in [2.45, 2.75) is 45.1 Å². The molecule has 0 heterocycles. The van der Waals surface area contributed by atoms with E-state index in [-0.39, 0.29) is 12.5 Å². The molecule has 0 aliphatic heterocycles. The molecule has 3 nitrogen and oxygen atoms in total. The summed E-state index contributed by atoms with van der Waals surface area (Å²) >= 11 is 0. The predicted octanol–water partition coefficient (Wildman–Crippen LogP) is 2.62. The number of benzene rings is 1. The summed E-state index contributed by atoms with van der Waals surface area (Å²) in [6.45, 7) is 0.440. The van der Waals surface area contributed by atoms with E-state index in [2.05, 4.69) is 17.2 Å². The quantitative estimate of drug-likeness (QED) is 0.817. The first-order chi connectivity index (χ1) is 10.3. The predicted molar refractivity (Wildman–Crippen MR) is 83.4 cm³/mol. The summed E-state index contributed by atoms with van der Waals surface area (Å²) in [5, 5.41) is 11.6. The number of carbonyl (C=O) groups excluding carboxylic acids is 1. The first kappa shape index (κ1) is 15.6. The Hall–Kier alpha value is -1.79. The molecule has 1 aromatic carbocycles. The fourth-order valence-corrected chi connectivity index (χ4v) is 2.77. The summed E-state index contributed by atoms with van der Waals surface area (Å²) in [5.74, 6) is 6.37. The maximum Gasteiger partial charge on any atom is 0.220 e. The number of aliphatic hydroxyl groups is 1. The van der Waals surface area contributed by atoms with E-state index in [0.29, 0.717) is 13.0 Å². The van der Waals surface area contributed by atoms with E-state index in [1.807, 2.05) is 24.3 Å². The van der Waals surface area contributed by atoms with E-state index in [4.69, 9.17) is 5.11 Å². The fraction of sp³-hybridized carbons (Fsp3) is 0.500. The lowest BCUT2D eigenvalue weighted by atomic mass is 10.0. The van der Waals surface area contributed by atoms with Crippen LogP contribution in [0.1, 0.15) is 49.7 Å². The van der Waals surface area contributed by atoms with Crippen LogP contribution in [0.15, 0.2) is 24.3 Å². The van der Waals surface area contributed by atoms with Gasteiger partial charge in [0, 0.05) is 18.5 Å². The standard InChI is InChI=1S/C18H23NO2/c20-13-3-6-16-7-9-17(10-8-16)14-19-18(21)12-11-15-4-1-2-5-15/h7-10,15,20H,1-2,4-5,11-14H2,(H,19,21). The Bertz CT molecular complexity index is 504. The second-order valence-corrected chi connectivity index (χ2v) is 5.62. The Morgan fingerprint density at radius 1 is 1.24 bits per heavy atom. The van der Waals surface area contributed by atoms with Crippen molar-refractivity contribution in [2.24, 2.45) is 5.92 Å². The molecule has 2 N–H and O–H groups in total. The van der Waals surface area contributed by atoms with Crippen LogP contribution in [-0.2, 0) is 11.3 Å². The van der Waals surface area contributed by atoms with Crippen molar-refractivity contribution in [1.29, 1.82) is 0 Å². The van der Waals surface area contributed by atoms with Gasteiger partial charge in [0.2, 0.25) is 5.91 Å². The van der Waals surface area contributed by atoms with E-state index < -0.39 is 0 Å². The Morgan fingerprint density at radius 2 is 1.95 bits per heavy atom. The van der Waals surface area contributed by atoms with Crippen LogP contribution in [0.2, 0.25) is 0 Å². The summed E-state index contributed by atoms with van der Waals surface area (Å²) < 4.78 is 0. The maximum atomic E-state index is 11.8. The van der Waals surface area contributed by atoms with Crippen molar-refractivity contribution in [3.8, 4) is 11.8 Å². The molecule has 0 unspecified atom stereocenters. The summed E-state index contributed by atoms with van der Waals surface area (Å²) in [5.41, 5.74) is 1.94. The molecule has 2 rings (SSSR count). The molecule has 1 amide bonds. The second kappa shape index (κ2) is 8.49. The summed E-state index contributed by atoms with van der Waals surface area (Å²) in [7, 11) is 0. The molecule has 112 valence electrons. The maximum absolute atomic E-state index is 11.8. The highest BCUT2D eigenvalue weighted by Crippen LogP contribution is 2.28. The molecule has 0 radical (unpaired) electrons. The number of hydrogen-bond acceptors (Lipinski definition) is 2. The summed E-state index contributed by atoms with van der Waals surface area (Å²) in [6, 6.07) is 7.72. The molecule has 0 aromatic heterocycles. The van der Waals surface area contributed by atoms with Gasteiger partial charge < -0.3 is 10.4 Å². The van der Waals surface area contributed by atoms with Gasteiger partial charge in [-0.15, -0.1) is 0 Å². The van der Waals surface area contributed by atoms with Crippen molar-refractivity contribution >= 4 is 5.91 Å². The highest BCUT2D eigenvalue weighted by molar-refractivity contribution is 5.75. The monoisotopic (exact) mass is 285 g/mol. The molecule has 21 heavy (non-hydrogen) atoms. The van der Waals surface area contributed by atoms with Gasteiger partial charge in [-0.25, -0.2) is 0 Å². The third kappa shape index (κ3) is 5.61. The molecule has 1 aromatic rings. The first-order valence-electron chi connectivity index (χ1n) is 7.73. The van der Waals surface area contributed by atoms with Crippen molar-refractivity contribution in [3.63, 3.8) is 0 Å². The van der Waals surface area contributed by atoms with Crippen molar-refractivity contribution < 1.29 is 9.90 Å². The van der Waals surface area contributed by atoms with E-state index >= 15 is 0 Å². The van der Waals surface area contributed by atoms with Gasteiger partial charge in [0.25, 0.3) is 0 Å². The van der Waals surface area contributed by atoms with Gasteiger partial charge in [0.05, 0.1) is 0 Å². The molecule has 0 atom stereocenters. The minimum absolute atomic E-state index is 0.126. The van der Waals surface area contributed by atoms with Gasteiger partial charge in [-0.1, -0.05) is 49.7 Å². The van der Waals surface area contributed by atoms with E-state index in [0.717, 1.165) is 23.5 Å². The lowest BCUT2D eigenvalue weighted by Crippen LogP contribution is -2.22. The van der Waals surface area contributed by atoms with E-state index in [1.54, 1.807) is 0 Å². The third-order valence-electron chi connectivity index (χ3n) is 4.01. The van der Waals surface area contributed by atoms with Crippen LogP contribution in [0.5, 0.6) is 0 Å². The molecule has 3 heteroatoms. The number of amides is 1. The van der Waals surface area contributed by atoms with Crippen LogP contribution in [0, 0.1) is 17.8 Å². The zero-order chi connectivity index (χ0) is 14.9. The Balaban J connectivity index is 1.70. The smallest absolute Gasteiger partial charge is 0.220 e. The summed E-state index contributed by atoms with van der Waals surface area (Å²) in [6.07, 6.45) is 6.93. The number of hydrogen-bond donors (Lipinski definition) is 2. The molecule has 1 aliphatic rings. The molecule has 0 bridgehead atoms. The SMILES string of the molecule is O=C(CCC1CCCC1)NCc1ccc(C#CCO)cc1. The zero-order valence-corrected chi connectivity index (χ0v) is 12.4. The molecule has 1 aliphatic carbocycles. The van der Waals surface area contributed by atoms with Crippen LogP contribution in [0.25, 0.3) is 0 Å². The number of rotatable bonds is 5. The van der Waals surface area contributed by atoms with E-state index in [1.165, 1.54) is 25.7 Å². The molecule has 0 saturated heterocycles. The van der Waals surface area contributed by atoms with Crippen molar-refractivity contribution in [1.82, 2.24) is 5.32 Å². The van der Waals surface area contributed by atoms with Gasteiger partial charge in [0.15, 0.2) is 0 Å². The average Bonchev–Trinajstić information content (AvgIpc) is 3.03. The average molecular weight is 285 g/mol. The van der Waals surface area contributed by atoms with Crippen LogP contribution >= 0.6 is 0 Å². The molecule has 1 fully saturated rings. The lowest BCUT2D eigenvalue weighted by molar-refractivity contribution is -0.121. The topological polar surface area (TPSA) is 49.3 Å². The van der Waals surface area contributed by atoms with Crippen molar-refractivity contribution in [2.75, 3.05) is 6.61 Å². The largest absolute Gasteiger partial charge is 0.384 e. The fourth-order valence-electron chi connectivity index (χ4n) is 2.77. The van der Waals surface area contributed by atoms with Gasteiger partial charge in [-0.05, 0) is 30.0 Å². The van der Waals surface area contributed by atoms with Gasteiger partial charge in [0.1, 0.15) is 6.61 Å². The van der Waals surface area contributed by atoms with Crippen LogP contribution in [0.4, 0.5) is 0 Å². The minimum atomic E-state index is -0.126. The Kier molecular flexibility index (Phi) is 6.30. The minimum Gasteiger partial charge on any atom is -0.384 e. The van der Waals surface area contributed by atoms with Crippen LogP contribution in [0.3, 0.4) is 0 Å². The highest BCUT2D eigenvalue weighted by Gasteiger charge is 2.15. The van der Waals surface area contributed by atoms with Gasteiger partial charge >= 0.3 is 0 Å². The number of carbonyl (C=O) groups is 1. The van der Waals surface area contributed by atoms with Crippen molar-refractivity contribution in [3.05, 3.63) is 35.4 Å². The highest BCUT2D eigenvalue weighted by atomic mass is 16.2. The van der Waals surface area contributed by atoms with Crippen LogP contribution in [-0.4, -0.2) is 17.6 Å². The Morgan fingerprint density at radius 3 is 2.62 bits per heavy atom. The number of nitrogens with one attached hydrogen (secondary N) is 1. The second-order valence-electron chi connectivity index (χ2n) is 5.62. The van der Waals surface area contributed by atoms with Gasteiger partial charge in [-0.2, -0.15) is 0 Å². The van der Waals surface area contributed by atoms with E-state index in [9.17, 15) is 4.79 Å². The number of aliphatic hydroxyl groups excluding tert-OH is 1. The van der Waals surface area contributed by atoms with Crippen LogP contribution < -0.4 is 5.32 Å². The third-order valence-corrected chi connectivity index (χ3v) is 4.01. The zero-order valence-electron chi connectivity index (χ0n) is 12.4. The molecule has 0 spiro atoms. The van der Waals surface area contributed by atoms with Gasteiger partial charge in [-0.3, -0.25) is 4.79 Å². The summed E-state index contributed by atoms with van der Waals surface area (Å²) in [4.78, 5) is 11.8. The first-order valence-corrected chi connectivity index (χ1v) is 7.73. The lowest BCUT2D eigenvalue weighted by Gasteiger charge is -2.09. The molecular weight excluding hydrogens is 262 g/mol. The molecule has 1 saturated carbocycles. The normalized spacial score (nSPS) is 14.5. The molecular formula is C18H23NO2.